The standard InChI is InChI=1S/C17H13ClF3N3O4/c1-28-13-6-9(5-12(18)14(13)25)8-22-24-16(27)15(26)23-11-4-2-3-10(7-11)17(19,20)21/h2-8,25H,1H3,(H,23,26)(H,24,27)/b22-8-. The van der Waals surface area contributed by atoms with Crippen molar-refractivity contribution in [3.63, 3.8) is 0 Å². The van der Waals surface area contributed by atoms with Crippen LogP contribution in [0.4, 0.5) is 18.9 Å². The van der Waals surface area contributed by atoms with Crippen LogP contribution >= 0.6 is 11.6 Å². The van der Waals surface area contributed by atoms with E-state index in [2.05, 4.69) is 5.10 Å². The number of anilines is 1. The summed E-state index contributed by atoms with van der Waals surface area (Å²) in [5.41, 5.74) is 1.09. The number of halogens is 4. The lowest BCUT2D eigenvalue weighted by Crippen LogP contribution is -2.32. The third kappa shape index (κ3) is 5.36. The van der Waals surface area contributed by atoms with Gasteiger partial charge in [-0.05, 0) is 35.9 Å². The molecule has 3 N–H and O–H groups in total. The first-order valence-electron chi connectivity index (χ1n) is 7.50. The Morgan fingerprint density at radius 1 is 1.21 bits per heavy atom. The fourth-order valence-electron chi connectivity index (χ4n) is 2.00. The first kappa shape index (κ1) is 21.0. The number of aromatic hydroxyl groups is 1. The normalized spacial score (nSPS) is 11.3. The molecule has 2 amide bonds. The number of benzene rings is 2. The van der Waals surface area contributed by atoms with Gasteiger partial charge in [-0.3, -0.25) is 9.59 Å². The van der Waals surface area contributed by atoms with Gasteiger partial charge in [0.2, 0.25) is 0 Å². The minimum atomic E-state index is -4.58. The van der Waals surface area contributed by atoms with Crippen LogP contribution in [0.25, 0.3) is 0 Å². The van der Waals surface area contributed by atoms with Crippen molar-refractivity contribution in [2.75, 3.05) is 12.4 Å². The van der Waals surface area contributed by atoms with E-state index in [1.54, 1.807) is 0 Å². The Labute approximate surface area is 161 Å². The number of hydrogen-bond donors (Lipinski definition) is 3. The molecule has 0 radical (unpaired) electrons. The number of nitrogens with zero attached hydrogens (tertiary/aromatic N) is 1. The molecule has 2 rings (SSSR count). The molecule has 28 heavy (non-hydrogen) atoms. The molecule has 0 fully saturated rings. The molecule has 11 heteroatoms. The molecule has 0 saturated heterocycles. The fourth-order valence-corrected chi connectivity index (χ4v) is 2.22. The highest BCUT2D eigenvalue weighted by molar-refractivity contribution is 6.39. The summed E-state index contributed by atoms with van der Waals surface area (Å²) in [5, 5.41) is 15.2. The van der Waals surface area contributed by atoms with Crippen LogP contribution in [-0.2, 0) is 15.8 Å². The number of carbonyl (C=O) groups excluding carboxylic acids is 2. The third-order valence-corrected chi connectivity index (χ3v) is 3.59. The van der Waals surface area contributed by atoms with Crippen LogP contribution in [-0.4, -0.2) is 30.2 Å². The minimum Gasteiger partial charge on any atom is -0.503 e. The van der Waals surface area contributed by atoms with E-state index < -0.39 is 23.6 Å². The fraction of sp³-hybridized carbons (Fsp3) is 0.118. The van der Waals surface area contributed by atoms with Crippen LogP contribution in [0.5, 0.6) is 11.5 Å². The summed E-state index contributed by atoms with van der Waals surface area (Å²) in [4.78, 5) is 23.5. The van der Waals surface area contributed by atoms with Gasteiger partial charge >= 0.3 is 18.0 Å². The van der Waals surface area contributed by atoms with Crippen LogP contribution in [0.3, 0.4) is 0 Å². The van der Waals surface area contributed by atoms with Gasteiger partial charge in [0.05, 0.1) is 23.9 Å². The highest BCUT2D eigenvalue weighted by Gasteiger charge is 2.30. The monoisotopic (exact) mass is 415 g/mol. The summed E-state index contributed by atoms with van der Waals surface area (Å²) in [6.45, 7) is 0. The van der Waals surface area contributed by atoms with Crippen LogP contribution in [0.2, 0.25) is 5.02 Å². The van der Waals surface area contributed by atoms with Gasteiger partial charge in [-0.15, -0.1) is 0 Å². The van der Waals surface area contributed by atoms with E-state index in [-0.39, 0.29) is 22.2 Å². The number of rotatable bonds is 4. The average Bonchev–Trinajstić information content (AvgIpc) is 2.63. The number of methoxy groups -OCH3 is 1. The maximum Gasteiger partial charge on any atom is 0.416 e. The summed E-state index contributed by atoms with van der Waals surface area (Å²) in [7, 11) is 1.31. The van der Waals surface area contributed by atoms with E-state index in [1.165, 1.54) is 25.3 Å². The Morgan fingerprint density at radius 3 is 2.57 bits per heavy atom. The Balaban J connectivity index is 2.01. The molecule has 2 aromatic rings. The second kappa shape index (κ2) is 8.61. The molecular formula is C17H13ClF3N3O4. The topological polar surface area (TPSA) is 100 Å². The Hall–Kier alpha value is -3.27. The van der Waals surface area contributed by atoms with Crippen molar-refractivity contribution in [2.24, 2.45) is 5.10 Å². The largest absolute Gasteiger partial charge is 0.503 e. The summed E-state index contributed by atoms with van der Waals surface area (Å²) in [5.74, 6) is -2.61. The number of phenols is 1. The Morgan fingerprint density at radius 2 is 1.93 bits per heavy atom. The quantitative estimate of drug-likeness (QED) is 0.405. The van der Waals surface area contributed by atoms with Crippen molar-refractivity contribution < 1.29 is 32.6 Å². The zero-order valence-electron chi connectivity index (χ0n) is 14.2. The summed E-state index contributed by atoms with van der Waals surface area (Å²) in [6, 6.07) is 6.53. The lowest BCUT2D eigenvalue weighted by Gasteiger charge is -2.09. The van der Waals surface area contributed by atoms with Crippen molar-refractivity contribution >= 4 is 35.3 Å². The average molecular weight is 416 g/mol. The number of hydrazone groups is 1. The van der Waals surface area contributed by atoms with Gasteiger partial charge in [-0.25, -0.2) is 5.43 Å². The van der Waals surface area contributed by atoms with E-state index in [1.807, 2.05) is 10.7 Å². The first-order chi connectivity index (χ1) is 13.1. The molecule has 0 spiro atoms. The lowest BCUT2D eigenvalue weighted by molar-refractivity contribution is -0.137. The van der Waals surface area contributed by atoms with Crippen LogP contribution in [0.1, 0.15) is 11.1 Å². The molecule has 0 saturated carbocycles. The number of nitrogens with one attached hydrogen (secondary N) is 2. The predicted octanol–water partition coefficient (Wildman–Crippen LogP) is 3.16. The maximum atomic E-state index is 12.7. The van der Waals surface area contributed by atoms with Crippen molar-refractivity contribution in [3.8, 4) is 11.5 Å². The number of alkyl halides is 3. The number of amides is 2. The molecular weight excluding hydrogens is 403 g/mol. The molecule has 0 bridgehead atoms. The predicted molar refractivity (Wildman–Crippen MR) is 95.5 cm³/mol. The van der Waals surface area contributed by atoms with Gasteiger partial charge in [-0.1, -0.05) is 17.7 Å². The summed E-state index contributed by atoms with van der Waals surface area (Å²) < 4.78 is 42.9. The summed E-state index contributed by atoms with van der Waals surface area (Å²) >= 11 is 5.80. The zero-order chi connectivity index (χ0) is 20.9. The van der Waals surface area contributed by atoms with Crippen LogP contribution < -0.4 is 15.5 Å². The Bertz CT molecular complexity index is 932. The zero-order valence-corrected chi connectivity index (χ0v) is 14.9. The van der Waals surface area contributed by atoms with Gasteiger partial charge in [0.1, 0.15) is 0 Å². The third-order valence-electron chi connectivity index (χ3n) is 3.30. The number of ether oxygens (including phenoxy) is 1. The number of carbonyl (C=O) groups is 2. The van der Waals surface area contributed by atoms with Gasteiger partial charge in [0, 0.05) is 5.69 Å². The molecule has 0 aliphatic heterocycles. The molecule has 0 aliphatic carbocycles. The molecule has 0 aromatic heterocycles. The van der Waals surface area contributed by atoms with Crippen LogP contribution in [0, 0.1) is 0 Å². The summed E-state index contributed by atoms with van der Waals surface area (Å²) in [6.07, 6.45) is -3.46. The molecule has 0 aliphatic rings. The number of hydrogen-bond acceptors (Lipinski definition) is 5. The molecule has 7 nitrogen and oxygen atoms in total. The van der Waals surface area contributed by atoms with E-state index in [9.17, 15) is 27.9 Å². The van der Waals surface area contributed by atoms with Gasteiger partial charge < -0.3 is 15.2 Å². The lowest BCUT2D eigenvalue weighted by atomic mass is 10.2. The molecule has 0 heterocycles. The molecule has 0 unspecified atom stereocenters. The second-order valence-corrected chi connectivity index (χ2v) is 5.69. The smallest absolute Gasteiger partial charge is 0.416 e. The van der Waals surface area contributed by atoms with Crippen molar-refractivity contribution in [1.29, 1.82) is 0 Å². The van der Waals surface area contributed by atoms with Crippen LogP contribution in [0.15, 0.2) is 41.5 Å². The van der Waals surface area contributed by atoms with Crippen molar-refractivity contribution in [1.82, 2.24) is 5.43 Å². The Kier molecular flexibility index (Phi) is 6.47. The van der Waals surface area contributed by atoms with Crippen molar-refractivity contribution in [2.45, 2.75) is 6.18 Å². The second-order valence-electron chi connectivity index (χ2n) is 5.29. The van der Waals surface area contributed by atoms with Gasteiger partial charge in [0.15, 0.2) is 11.5 Å². The molecule has 2 aromatic carbocycles. The minimum absolute atomic E-state index is 0.0191. The van der Waals surface area contributed by atoms with E-state index in [0.29, 0.717) is 11.6 Å². The van der Waals surface area contributed by atoms with E-state index >= 15 is 0 Å². The number of phenolic OH excluding ortho intramolecular Hbond substituents is 1. The SMILES string of the molecule is COc1cc(/C=N\NC(=O)C(=O)Nc2cccc(C(F)(F)F)c2)cc(Cl)c1O. The first-order valence-corrected chi connectivity index (χ1v) is 7.87. The molecule has 148 valence electrons. The van der Waals surface area contributed by atoms with Gasteiger partial charge in [-0.2, -0.15) is 18.3 Å². The highest BCUT2D eigenvalue weighted by Crippen LogP contribution is 2.34. The van der Waals surface area contributed by atoms with Crippen molar-refractivity contribution in [3.05, 3.63) is 52.5 Å². The van der Waals surface area contributed by atoms with Gasteiger partial charge in [0.25, 0.3) is 0 Å². The molecule has 0 atom stereocenters. The maximum absolute atomic E-state index is 12.7. The van der Waals surface area contributed by atoms with E-state index in [4.69, 9.17) is 16.3 Å². The van der Waals surface area contributed by atoms with E-state index in [0.717, 1.165) is 18.3 Å². The highest BCUT2D eigenvalue weighted by atomic mass is 35.5.